The number of carbonyl (C=O) groups is 1. The molecule has 0 bridgehead atoms. The number of pyridine rings is 1. The highest BCUT2D eigenvalue weighted by Crippen LogP contribution is 2.20. The van der Waals surface area contributed by atoms with E-state index in [-0.39, 0.29) is 11.7 Å². The number of benzene rings is 2. The Kier molecular flexibility index (Phi) is 6.22. The predicted octanol–water partition coefficient (Wildman–Crippen LogP) is 4.00. The summed E-state index contributed by atoms with van der Waals surface area (Å²) in [6.07, 6.45) is 3.61. The van der Waals surface area contributed by atoms with Crippen LogP contribution in [0, 0.1) is 5.82 Å². The van der Waals surface area contributed by atoms with Gasteiger partial charge in [-0.2, -0.15) is 0 Å². The minimum atomic E-state index is -0.259. The maximum atomic E-state index is 13.6. The summed E-state index contributed by atoms with van der Waals surface area (Å²) in [7, 11) is 3.97. The number of nitrogens with one attached hydrogen (secondary N) is 2. The third kappa shape index (κ3) is 5.07. The SMILES string of the molecule is CN(C)c1ccc(Nc2cncc(C(=O)NCCc3ccccc3F)c2)cc1. The second-order valence-corrected chi connectivity index (χ2v) is 6.63. The second kappa shape index (κ2) is 8.99. The fraction of sp³-hybridized carbons (Fsp3) is 0.182. The van der Waals surface area contributed by atoms with Crippen molar-refractivity contribution in [2.24, 2.45) is 0 Å². The highest BCUT2D eigenvalue weighted by atomic mass is 19.1. The first-order valence-electron chi connectivity index (χ1n) is 9.04. The van der Waals surface area contributed by atoms with Crippen molar-refractivity contribution in [3.63, 3.8) is 0 Å². The van der Waals surface area contributed by atoms with Crippen LogP contribution in [0.3, 0.4) is 0 Å². The van der Waals surface area contributed by atoms with Crippen LogP contribution in [-0.4, -0.2) is 31.5 Å². The molecule has 2 aromatic carbocycles. The van der Waals surface area contributed by atoms with Crippen molar-refractivity contribution in [1.29, 1.82) is 0 Å². The Bertz CT molecular complexity index is 941. The van der Waals surface area contributed by atoms with Gasteiger partial charge in [-0.15, -0.1) is 0 Å². The first-order valence-corrected chi connectivity index (χ1v) is 9.04. The maximum Gasteiger partial charge on any atom is 0.252 e. The van der Waals surface area contributed by atoms with Crippen LogP contribution in [0.5, 0.6) is 0 Å². The molecule has 3 aromatic rings. The molecule has 28 heavy (non-hydrogen) atoms. The monoisotopic (exact) mass is 378 g/mol. The highest BCUT2D eigenvalue weighted by Gasteiger charge is 2.08. The highest BCUT2D eigenvalue weighted by molar-refractivity contribution is 5.94. The largest absolute Gasteiger partial charge is 0.378 e. The summed E-state index contributed by atoms with van der Waals surface area (Å²) >= 11 is 0. The molecule has 0 aliphatic carbocycles. The number of carbonyl (C=O) groups excluding carboxylic acids is 1. The van der Waals surface area contributed by atoms with E-state index in [9.17, 15) is 9.18 Å². The van der Waals surface area contributed by atoms with Crippen molar-refractivity contribution in [2.45, 2.75) is 6.42 Å². The molecule has 0 saturated heterocycles. The Morgan fingerprint density at radius 3 is 2.50 bits per heavy atom. The molecule has 0 spiro atoms. The lowest BCUT2D eigenvalue weighted by Crippen LogP contribution is -2.26. The molecular weight excluding hydrogens is 355 g/mol. The molecule has 0 aliphatic rings. The summed E-state index contributed by atoms with van der Waals surface area (Å²) in [4.78, 5) is 18.5. The van der Waals surface area contributed by atoms with Gasteiger partial charge in [-0.3, -0.25) is 9.78 Å². The van der Waals surface area contributed by atoms with Gasteiger partial charge in [0.15, 0.2) is 0 Å². The number of anilines is 3. The van der Waals surface area contributed by atoms with Gasteiger partial charge in [0.05, 0.1) is 17.4 Å². The normalized spacial score (nSPS) is 10.4. The molecule has 144 valence electrons. The van der Waals surface area contributed by atoms with Gasteiger partial charge in [0.2, 0.25) is 0 Å². The molecule has 1 heterocycles. The predicted molar refractivity (Wildman–Crippen MR) is 111 cm³/mol. The van der Waals surface area contributed by atoms with Gasteiger partial charge in [0.1, 0.15) is 5.82 Å². The van der Waals surface area contributed by atoms with Crippen LogP contribution in [-0.2, 0) is 6.42 Å². The van der Waals surface area contributed by atoms with Gasteiger partial charge < -0.3 is 15.5 Å². The summed E-state index contributed by atoms with van der Waals surface area (Å²) in [5, 5.41) is 6.05. The van der Waals surface area contributed by atoms with E-state index in [1.165, 1.54) is 12.3 Å². The van der Waals surface area contributed by atoms with Gasteiger partial charge in [0, 0.05) is 38.2 Å². The van der Waals surface area contributed by atoms with Crippen LogP contribution in [0.1, 0.15) is 15.9 Å². The first-order chi connectivity index (χ1) is 13.5. The van der Waals surface area contributed by atoms with Crippen LogP contribution in [0.2, 0.25) is 0 Å². The lowest BCUT2D eigenvalue weighted by molar-refractivity contribution is 0.0953. The quantitative estimate of drug-likeness (QED) is 0.652. The number of aromatic nitrogens is 1. The van der Waals surface area contributed by atoms with Crippen LogP contribution in [0.15, 0.2) is 67.0 Å². The number of rotatable bonds is 7. The van der Waals surface area contributed by atoms with Gasteiger partial charge >= 0.3 is 0 Å². The summed E-state index contributed by atoms with van der Waals surface area (Å²) in [6, 6.07) is 16.3. The molecule has 0 atom stereocenters. The van der Waals surface area contributed by atoms with E-state index in [1.54, 1.807) is 30.5 Å². The van der Waals surface area contributed by atoms with Crippen molar-refractivity contribution >= 4 is 23.0 Å². The molecule has 0 aliphatic heterocycles. The van der Waals surface area contributed by atoms with Gasteiger partial charge in [-0.05, 0) is 48.4 Å². The fourth-order valence-electron chi connectivity index (χ4n) is 2.76. The molecule has 0 fully saturated rings. The molecule has 0 saturated carbocycles. The van der Waals surface area contributed by atoms with E-state index in [4.69, 9.17) is 0 Å². The number of amides is 1. The van der Waals surface area contributed by atoms with Crippen molar-refractivity contribution in [3.8, 4) is 0 Å². The topological polar surface area (TPSA) is 57.3 Å². The maximum absolute atomic E-state index is 13.6. The van der Waals surface area contributed by atoms with Gasteiger partial charge in [0.25, 0.3) is 5.91 Å². The lowest BCUT2D eigenvalue weighted by Gasteiger charge is -2.13. The fourth-order valence-corrected chi connectivity index (χ4v) is 2.76. The van der Waals surface area contributed by atoms with Gasteiger partial charge in [-0.1, -0.05) is 18.2 Å². The number of hydrogen-bond acceptors (Lipinski definition) is 4. The molecule has 1 amide bonds. The van der Waals surface area contributed by atoms with E-state index in [1.807, 2.05) is 43.3 Å². The summed E-state index contributed by atoms with van der Waals surface area (Å²) in [6.45, 7) is 0.351. The van der Waals surface area contributed by atoms with Crippen molar-refractivity contribution in [1.82, 2.24) is 10.3 Å². The van der Waals surface area contributed by atoms with Crippen LogP contribution < -0.4 is 15.5 Å². The molecular formula is C22H23FN4O. The number of halogens is 1. The van der Waals surface area contributed by atoms with Crippen molar-refractivity contribution in [2.75, 3.05) is 30.9 Å². The van der Waals surface area contributed by atoms with E-state index < -0.39 is 0 Å². The first kappa shape index (κ1) is 19.4. The minimum Gasteiger partial charge on any atom is -0.378 e. The third-order valence-corrected chi connectivity index (χ3v) is 4.31. The number of nitrogens with zero attached hydrogens (tertiary/aromatic N) is 2. The van der Waals surface area contributed by atoms with E-state index in [0.717, 1.165) is 17.1 Å². The average Bonchev–Trinajstić information content (AvgIpc) is 2.70. The van der Waals surface area contributed by atoms with E-state index in [0.29, 0.717) is 24.1 Å². The van der Waals surface area contributed by atoms with Crippen molar-refractivity contribution < 1.29 is 9.18 Å². The zero-order valence-corrected chi connectivity index (χ0v) is 15.9. The van der Waals surface area contributed by atoms with E-state index in [2.05, 4.69) is 15.6 Å². The molecule has 6 heteroatoms. The Morgan fingerprint density at radius 2 is 1.79 bits per heavy atom. The molecule has 0 unspecified atom stereocenters. The lowest BCUT2D eigenvalue weighted by atomic mass is 10.1. The summed E-state index contributed by atoms with van der Waals surface area (Å²) < 4.78 is 13.6. The molecule has 0 radical (unpaired) electrons. The summed E-state index contributed by atoms with van der Waals surface area (Å²) in [5.41, 5.74) is 3.76. The molecule has 5 nitrogen and oxygen atoms in total. The van der Waals surface area contributed by atoms with Crippen molar-refractivity contribution in [3.05, 3.63) is 83.9 Å². The molecule has 3 rings (SSSR count). The smallest absolute Gasteiger partial charge is 0.252 e. The van der Waals surface area contributed by atoms with Crippen LogP contribution in [0.25, 0.3) is 0 Å². The molecule has 1 aromatic heterocycles. The molecule has 2 N–H and O–H groups in total. The zero-order valence-electron chi connectivity index (χ0n) is 15.9. The third-order valence-electron chi connectivity index (χ3n) is 4.31. The second-order valence-electron chi connectivity index (χ2n) is 6.63. The standard InChI is InChI=1S/C22H23FN4O/c1-27(2)20-9-7-18(8-10-20)26-19-13-17(14-24-15-19)22(28)25-12-11-16-5-3-4-6-21(16)23/h3-10,13-15,26H,11-12H2,1-2H3,(H,25,28). The Labute approximate surface area is 164 Å². The average molecular weight is 378 g/mol. The van der Waals surface area contributed by atoms with Gasteiger partial charge in [-0.25, -0.2) is 4.39 Å². The van der Waals surface area contributed by atoms with Crippen LogP contribution in [0.4, 0.5) is 21.5 Å². The van der Waals surface area contributed by atoms with Crippen LogP contribution >= 0.6 is 0 Å². The number of hydrogen-bond donors (Lipinski definition) is 2. The summed E-state index contributed by atoms with van der Waals surface area (Å²) in [5.74, 6) is -0.500. The minimum absolute atomic E-state index is 0.240. The van der Waals surface area contributed by atoms with E-state index >= 15 is 0 Å². The Hall–Kier alpha value is -3.41. The Morgan fingerprint density at radius 1 is 1.04 bits per heavy atom. The zero-order chi connectivity index (χ0) is 19.9. The Balaban J connectivity index is 1.59.